The van der Waals surface area contributed by atoms with E-state index in [1.165, 1.54) is 6.42 Å². The van der Waals surface area contributed by atoms with Crippen LogP contribution in [0.4, 0.5) is 0 Å². The third-order valence-corrected chi connectivity index (χ3v) is 5.33. The summed E-state index contributed by atoms with van der Waals surface area (Å²) in [5, 5.41) is 0. The molecule has 0 aromatic heterocycles. The highest BCUT2D eigenvalue weighted by atomic mass is 16.2. The molecule has 4 atom stereocenters. The summed E-state index contributed by atoms with van der Waals surface area (Å²) in [6, 6.07) is 0.224. The number of piperidine rings is 1. The quantitative estimate of drug-likeness (QED) is 0.768. The fourth-order valence-electron chi connectivity index (χ4n) is 3.95. The van der Waals surface area contributed by atoms with Gasteiger partial charge in [0.1, 0.15) is 5.78 Å². The van der Waals surface area contributed by atoms with E-state index in [9.17, 15) is 9.59 Å². The maximum Gasteiger partial charge on any atom is 0.226 e. The first-order valence-corrected chi connectivity index (χ1v) is 8.01. The lowest BCUT2D eigenvalue weighted by atomic mass is 9.79. The van der Waals surface area contributed by atoms with E-state index in [1.807, 2.05) is 0 Å². The number of Topliss-reactive ketones (excluding diaryl/α,β-unsaturated/α-hetero) is 1. The van der Waals surface area contributed by atoms with Crippen LogP contribution in [0.15, 0.2) is 0 Å². The van der Waals surface area contributed by atoms with Gasteiger partial charge >= 0.3 is 0 Å². The van der Waals surface area contributed by atoms with E-state index in [0.717, 1.165) is 51.5 Å². The van der Waals surface area contributed by atoms with Gasteiger partial charge in [-0.25, -0.2) is 0 Å². The molecule has 0 bridgehead atoms. The maximum absolute atomic E-state index is 12.5. The molecule has 1 saturated heterocycles. The summed E-state index contributed by atoms with van der Waals surface area (Å²) in [6.07, 6.45) is 8.35. The molecule has 0 aromatic carbocycles. The van der Waals surface area contributed by atoms with E-state index in [4.69, 9.17) is 0 Å². The number of likely N-dealkylation sites (tertiary alicyclic amines) is 1. The predicted octanol–water partition coefficient (Wildman–Crippen LogP) is 2.78. The molecular weight excluding hydrogens is 238 g/mol. The molecule has 0 spiro atoms. The van der Waals surface area contributed by atoms with Crippen LogP contribution in [-0.4, -0.2) is 29.2 Å². The molecular formula is C16H25NO2. The second-order valence-electron chi connectivity index (χ2n) is 6.73. The van der Waals surface area contributed by atoms with Gasteiger partial charge in [0.2, 0.25) is 5.91 Å². The summed E-state index contributed by atoms with van der Waals surface area (Å²) in [4.78, 5) is 26.8. The lowest BCUT2D eigenvalue weighted by Crippen LogP contribution is -2.50. The number of carbonyl (C=O) groups excluding carboxylic acids is 2. The molecule has 2 aliphatic carbocycles. The highest BCUT2D eigenvalue weighted by Crippen LogP contribution is 2.41. The van der Waals surface area contributed by atoms with Crippen LogP contribution < -0.4 is 0 Å². The van der Waals surface area contributed by atoms with Gasteiger partial charge in [0, 0.05) is 30.8 Å². The summed E-state index contributed by atoms with van der Waals surface area (Å²) in [5.41, 5.74) is 0. The Morgan fingerprint density at radius 2 is 1.89 bits per heavy atom. The summed E-state index contributed by atoms with van der Waals surface area (Å²) >= 11 is 0. The zero-order valence-corrected chi connectivity index (χ0v) is 11.9. The van der Waals surface area contributed by atoms with E-state index in [2.05, 4.69) is 11.8 Å². The van der Waals surface area contributed by atoms with E-state index in [0.29, 0.717) is 17.6 Å². The standard InChI is InChI=1S/C16H25NO2/c1-11-10-13(11)16(19)17-9-5-4-7-14(17)12-6-2-3-8-15(12)18/h11-14H,2-10H2,1H3. The molecule has 1 aliphatic heterocycles. The van der Waals surface area contributed by atoms with E-state index < -0.39 is 0 Å². The summed E-state index contributed by atoms with van der Waals surface area (Å²) in [6.45, 7) is 3.05. The zero-order chi connectivity index (χ0) is 13.4. The number of hydrogen-bond donors (Lipinski definition) is 0. The molecule has 3 rings (SSSR count). The maximum atomic E-state index is 12.5. The number of hydrogen-bond acceptors (Lipinski definition) is 2. The highest BCUT2D eigenvalue weighted by molar-refractivity contribution is 5.85. The number of rotatable bonds is 2. The van der Waals surface area contributed by atoms with Crippen LogP contribution >= 0.6 is 0 Å². The van der Waals surface area contributed by atoms with Gasteiger partial charge in [-0.1, -0.05) is 13.3 Å². The lowest BCUT2D eigenvalue weighted by molar-refractivity contribution is -0.141. The van der Waals surface area contributed by atoms with E-state index in [1.54, 1.807) is 0 Å². The summed E-state index contributed by atoms with van der Waals surface area (Å²) in [7, 11) is 0. The monoisotopic (exact) mass is 263 g/mol. The van der Waals surface area contributed by atoms with Crippen molar-refractivity contribution < 1.29 is 9.59 Å². The Labute approximate surface area is 115 Å². The lowest BCUT2D eigenvalue weighted by Gasteiger charge is -2.41. The minimum absolute atomic E-state index is 0.145. The Morgan fingerprint density at radius 3 is 2.58 bits per heavy atom. The molecule has 0 aromatic rings. The van der Waals surface area contributed by atoms with E-state index >= 15 is 0 Å². The Hall–Kier alpha value is -0.860. The molecule has 0 radical (unpaired) electrons. The SMILES string of the molecule is CC1CC1C(=O)N1CCCCC1C1CCCCC1=O. The van der Waals surface area contributed by atoms with Crippen LogP contribution in [0.25, 0.3) is 0 Å². The second-order valence-corrected chi connectivity index (χ2v) is 6.73. The fraction of sp³-hybridized carbons (Fsp3) is 0.875. The molecule has 3 aliphatic rings. The van der Waals surface area contributed by atoms with Crippen LogP contribution in [0.1, 0.15) is 58.3 Å². The number of amides is 1. The van der Waals surface area contributed by atoms with Gasteiger partial charge in [-0.15, -0.1) is 0 Å². The third kappa shape index (κ3) is 2.56. The molecule has 3 nitrogen and oxygen atoms in total. The average molecular weight is 263 g/mol. The number of nitrogens with zero attached hydrogens (tertiary/aromatic N) is 1. The fourth-order valence-corrected chi connectivity index (χ4v) is 3.95. The van der Waals surface area contributed by atoms with Crippen LogP contribution in [0.3, 0.4) is 0 Å². The zero-order valence-electron chi connectivity index (χ0n) is 11.9. The molecule has 1 heterocycles. The van der Waals surface area contributed by atoms with Crippen molar-refractivity contribution in [3.63, 3.8) is 0 Å². The van der Waals surface area contributed by atoms with E-state index in [-0.39, 0.29) is 17.9 Å². The molecule has 19 heavy (non-hydrogen) atoms. The number of carbonyl (C=O) groups is 2. The predicted molar refractivity (Wildman–Crippen MR) is 73.6 cm³/mol. The van der Waals surface area contributed by atoms with Gasteiger partial charge in [0.15, 0.2) is 0 Å². The summed E-state index contributed by atoms with van der Waals surface area (Å²) < 4.78 is 0. The third-order valence-electron chi connectivity index (χ3n) is 5.33. The first-order chi connectivity index (χ1) is 9.18. The Balaban J connectivity index is 1.73. The topological polar surface area (TPSA) is 37.4 Å². The minimum atomic E-state index is 0.145. The van der Waals surface area contributed by atoms with Gasteiger partial charge in [-0.3, -0.25) is 9.59 Å². The van der Waals surface area contributed by atoms with Crippen molar-refractivity contribution in [3.05, 3.63) is 0 Å². The van der Waals surface area contributed by atoms with Crippen molar-refractivity contribution in [1.82, 2.24) is 4.90 Å². The van der Waals surface area contributed by atoms with Crippen LogP contribution in [0.5, 0.6) is 0 Å². The van der Waals surface area contributed by atoms with Crippen LogP contribution in [0, 0.1) is 17.8 Å². The second kappa shape index (κ2) is 5.26. The van der Waals surface area contributed by atoms with Crippen molar-refractivity contribution in [2.45, 2.75) is 64.3 Å². The van der Waals surface area contributed by atoms with Crippen molar-refractivity contribution in [2.24, 2.45) is 17.8 Å². The van der Waals surface area contributed by atoms with Gasteiger partial charge < -0.3 is 4.90 Å². The van der Waals surface area contributed by atoms with Gasteiger partial charge in [-0.05, 0) is 44.4 Å². The highest BCUT2D eigenvalue weighted by Gasteiger charge is 2.45. The largest absolute Gasteiger partial charge is 0.339 e. The van der Waals surface area contributed by atoms with Crippen molar-refractivity contribution in [2.75, 3.05) is 6.54 Å². The Kier molecular flexibility index (Phi) is 3.64. The minimum Gasteiger partial charge on any atom is -0.339 e. The first-order valence-electron chi connectivity index (χ1n) is 8.01. The molecule has 106 valence electrons. The van der Waals surface area contributed by atoms with Crippen LogP contribution in [0.2, 0.25) is 0 Å². The van der Waals surface area contributed by atoms with Gasteiger partial charge in [0.25, 0.3) is 0 Å². The van der Waals surface area contributed by atoms with Crippen molar-refractivity contribution in [1.29, 1.82) is 0 Å². The molecule has 3 heteroatoms. The average Bonchev–Trinajstić information content (AvgIpc) is 3.16. The molecule has 3 fully saturated rings. The van der Waals surface area contributed by atoms with Crippen molar-refractivity contribution in [3.8, 4) is 0 Å². The molecule has 4 unspecified atom stereocenters. The molecule has 2 saturated carbocycles. The molecule has 0 N–H and O–H groups in total. The van der Waals surface area contributed by atoms with Crippen molar-refractivity contribution >= 4 is 11.7 Å². The Bertz CT molecular complexity index is 379. The Morgan fingerprint density at radius 1 is 1.16 bits per heavy atom. The van der Waals surface area contributed by atoms with Gasteiger partial charge in [0.05, 0.1) is 0 Å². The van der Waals surface area contributed by atoms with Gasteiger partial charge in [-0.2, -0.15) is 0 Å². The smallest absolute Gasteiger partial charge is 0.226 e. The first kappa shape index (κ1) is 13.1. The number of ketones is 1. The molecule has 1 amide bonds. The normalized spacial score (nSPS) is 39.2. The summed E-state index contributed by atoms with van der Waals surface area (Å²) in [5.74, 6) is 1.74. The van der Waals surface area contributed by atoms with Crippen LogP contribution in [-0.2, 0) is 9.59 Å².